The Morgan fingerprint density at radius 2 is 2.35 bits per heavy atom. The Morgan fingerprint density at radius 1 is 1.53 bits per heavy atom. The van der Waals surface area contributed by atoms with E-state index in [-0.39, 0.29) is 0 Å². The van der Waals surface area contributed by atoms with Crippen molar-refractivity contribution in [1.29, 1.82) is 0 Å². The molecule has 1 aliphatic heterocycles. The van der Waals surface area contributed by atoms with Crippen molar-refractivity contribution in [2.45, 2.75) is 32.0 Å². The molecule has 1 heterocycles. The van der Waals surface area contributed by atoms with Gasteiger partial charge in [0.1, 0.15) is 5.75 Å². The molecule has 4 heteroatoms. The monoisotopic (exact) mass is 299 g/mol. The molecule has 1 aliphatic rings. The molecule has 0 bridgehead atoms. The Balaban J connectivity index is 1.98. The van der Waals surface area contributed by atoms with E-state index in [0.717, 1.165) is 29.8 Å². The van der Waals surface area contributed by atoms with Crippen molar-refractivity contribution in [3.05, 3.63) is 28.2 Å². The molecule has 2 unspecified atom stereocenters. The number of nitrogens with one attached hydrogen (secondary N) is 1. The van der Waals surface area contributed by atoms with Gasteiger partial charge < -0.3 is 14.8 Å². The highest BCUT2D eigenvalue weighted by Gasteiger charge is 2.23. The fourth-order valence-corrected chi connectivity index (χ4v) is 2.44. The molecular weight excluding hydrogens is 282 g/mol. The average molecular weight is 300 g/mol. The normalized spacial score (nSPS) is 23.9. The fourth-order valence-electron chi connectivity index (χ4n) is 2.05. The number of benzene rings is 1. The highest BCUT2D eigenvalue weighted by molar-refractivity contribution is 9.10. The lowest BCUT2D eigenvalue weighted by Gasteiger charge is -2.17. The second-order valence-electron chi connectivity index (χ2n) is 4.31. The van der Waals surface area contributed by atoms with Crippen molar-refractivity contribution in [3.8, 4) is 5.75 Å². The van der Waals surface area contributed by atoms with Gasteiger partial charge in [-0.05, 0) is 37.1 Å². The summed E-state index contributed by atoms with van der Waals surface area (Å²) in [5, 5.41) is 3.53. The molecule has 1 N–H and O–H groups in total. The third-order valence-corrected chi connectivity index (χ3v) is 3.96. The Hall–Kier alpha value is -0.580. The standard InChI is InChI=1S/C13H18BrNO2/c1-9-13(5-6-17-9)15-8-10-7-11(16-2)3-4-12(10)14/h3-4,7,9,13,15H,5-6,8H2,1-2H3. The summed E-state index contributed by atoms with van der Waals surface area (Å²) < 4.78 is 11.9. The number of ether oxygens (including phenoxy) is 2. The minimum absolute atomic E-state index is 0.305. The third kappa shape index (κ3) is 3.21. The molecule has 0 aliphatic carbocycles. The van der Waals surface area contributed by atoms with E-state index in [1.54, 1.807) is 7.11 Å². The van der Waals surface area contributed by atoms with Crippen LogP contribution in [-0.2, 0) is 11.3 Å². The summed E-state index contributed by atoms with van der Waals surface area (Å²) in [5.74, 6) is 0.890. The molecule has 0 amide bonds. The predicted molar refractivity (Wildman–Crippen MR) is 71.4 cm³/mol. The molecule has 1 fully saturated rings. The molecule has 0 radical (unpaired) electrons. The maximum atomic E-state index is 5.53. The smallest absolute Gasteiger partial charge is 0.119 e. The highest BCUT2D eigenvalue weighted by Crippen LogP contribution is 2.23. The summed E-state index contributed by atoms with van der Waals surface area (Å²) in [6, 6.07) is 6.48. The minimum Gasteiger partial charge on any atom is -0.497 e. The van der Waals surface area contributed by atoms with Crippen molar-refractivity contribution < 1.29 is 9.47 Å². The number of hydrogen-bond donors (Lipinski definition) is 1. The second kappa shape index (κ2) is 5.85. The molecule has 0 spiro atoms. The van der Waals surface area contributed by atoms with Gasteiger partial charge in [-0.2, -0.15) is 0 Å². The first kappa shape index (κ1) is 12.9. The molecule has 1 saturated heterocycles. The van der Waals surface area contributed by atoms with Crippen molar-refractivity contribution in [2.24, 2.45) is 0 Å². The first-order chi connectivity index (χ1) is 8.20. The Kier molecular flexibility index (Phi) is 4.42. The van der Waals surface area contributed by atoms with E-state index in [4.69, 9.17) is 9.47 Å². The van der Waals surface area contributed by atoms with Crippen LogP contribution in [0.2, 0.25) is 0 Å². The highest BCUT2D eigenvalue weighted by atomic mass is 79.9. The SMILES string of the molecule is COc1ccc(Br)c(CNC2CCOC2C)c1. The van der Waals surface area contributed by atoms with E-state index >= 15 is 0 Å². The summed E-state index contributed by atoms with van der Waals surface area (Å²) in [4.78, 5) is 0. The molecular formula is C13H18BrNO2. The van der Waals surface area contributed by atoms with Crippen molar-refractivity contribution >= 4 is 15.9 Å². The van der Waals surface area contributed by atoms with Gasteiger partial charge in [-0.3, -0.25) is 0 Å². The van der Waals surface area contributed by atoms with Gasteiger partial charge in [-0.25, -0.2) is 0 Å². The summed E-state index contributed by atoms with van der Waals surface area (Å²) in [6.45, 7) is 3.81. The summed E-state index contributed by atoms with van der Waals surface area (Å²) in [7, 11) is 1.69. The Bertz CT molecular complexity index is 384. The number of halogens is 1. The summed E-state index contributed by atoms with van der Waals surface area (Å²) in [5.41, 5.74) is 1.21. The first-order valence-corrected chi connectivity index (χ1v) is 6.67. The fraction of sp³-hybridized carbons (Fsp3) is 0.538. The molecule has 0 saturated carbocycles. The number of hydrogen-bond acceptors (Lipinski definition) is 3. The van der Waals surface area contributed by atoms with Crippen LogP contribution >= 0.6 is 15.9 Å². The maximum Gasteiger partial charge on any atom is 0.119 e. The zero-order chi connectivity index (χ0) is 12.3. The largest absolute Gasteiger partial charge is 0.497 e. The van der Waals surface area contributed by atoms with Gasteiger partial charge in [0.05, 0.1) is 13.2 Å². The zero-order valence-electron chi connectivity index (χ0n) is 10.2. The lowest BCUT2D eigenvalue weighted by atomic mass is 10.1. The van der Waals surface area contributed by atoms with Crippen LogP contribution in [0, 0.1) is 0 Å². The van der Waals surface area contributed by atoms with E-state index in [0.29, 0.717) is 12.1 Å². The van der Waals surface area contributed by atoms with Crippen molar-refractivity contribution in [1.82, 2.24) is 5.32 Å². The molecule has 2 rings (SSSR count). The lowest BCUT2D eigenvalue weighted by Crippen LogP contribution is -2.34. The van der Waals surface area contributed by atoms with Crippen LogP contribution in [0.25, 0.3) is 0 Å². The van der Waals surface area contributed by atoms with Crippen LogP contribution < -0.4 is 10.1 Å². The summed E-state index contributed by atoms with van der Waals surface area (Å²) >= 11 is 3.56. The lowest BCUT2D eigenvalue weighted by molar-refractivity contribution is 0.113. The van der Waals surface area contributed by atoms with Crippen LogP contribution in [-0.4, -0.2) is 25.9 Å². The Morgan fingerprint density at radius 3 is 3.00 bits per heavy atom. The quantitative estimate of drug-likeness (QED) is 0.927. The first-order valence-electron chi connectivity index (χ1n) is 5.88. The van der Waals surface area contributed by atoms with Gasteiger partial charge in [0, 0.05) is 23.7 Å². The molecule has 1 aromatic rings. The van der Waals surface area contributed by atoms with Gasteiger partial charge in [-0.1, -0.05) is 15.9 Å². The van der Waals surface area contributed by atoms with Crippen molar-refractivity contribution in [2.75, 3.05) is 13.7 Å². The van der Waals surface area contributed by atoms with Crippen LogP contribution in [0.5, 0.6) is 5.75 Å². The summed E-state index contributed by atoms with van der Waals surface area (Å²) in [6.07, 6.45) is 1.39. The van der Waals surface area contributed by atoms with Crippen LogP contribution in [0.1, 0.15) is 18.9 Å². The van der Waals surface area contributed by atoms with E-state index in [2.05, 4.69) is 34.2 Å². The number of methoxy groups -OCH3 is 1. The third-order valence-electron chi connectivity index (χ3n) is 3.18. The van der Waals surface area contributed by atoms with Gasteiger partial charge in [-0.15, -0.1) is 0 Å². The van der Waals surface area contributed by atoms with Crippen molar-refractivity contribution in [3.63, 3.8) is 0 Å². The minimum atomic E-state index is 0.305. The topological polar surface area (TPSA) is 30.5 Å². The van der Waals surface area contributed by atoms with Gasteiger partial charge in [0.25, 0.3) is 0 Å². The predicted octanol–water partition coefficient (Wildman–Crippen LogP) is 2.72. The van der Waals surface area contributed by atoms with E-state index in [1.165, 1.54) is 5.56 Å². The molecule has 2 atom stereocenters. The van der Waals surface area contributed by atoms with E-state index in [1.807, 2.05) is 12.1 Å². The Labute approximate surface area is 111 Å². The zero-order valence-corrected chi connectivity index (χ0v) is 11.8. The molecule has 3 nitrogen and oxygen atoms in total. The molecule has 0 aromatic heterocycles. The average Bonchev–Trinajstić information content (AvgIpc) is 2.74. The van der Waals surface area contributed by atoms with E-state index < -0.39 is 0 Å². The second-order valence-corrected chi connectivity index (χ2v) is 5.16. The maximum absolute atomic E-state index is 5.53. The van der Waals surface area contributed by atoms with Gasteiger partial charge in [0.15, 0.2) is 0 Å². The molecule has 1 aromatic carbocycles. The van der Waals surface area contributed by atoms with Crippen LogP contribution in [0.4, 0.5) is 0 Å². The van der Waals surface area contributed by atoms with E-state index in [9.17, 15) is 0 Å². The molecule has 17 heavy (non-hydrogen) atoms. The number of rotatable bonds is 4. The van der Waals surface area contributed by atoms with Gasteiger partial charge >= 0.3 is 0 Å². The molecule has 94 valence electrons. The van der Waals surface area contributed by atoms with Crippen LogP contribution in [0.15, 0.2) is 22.7 Å². The van der Waals surface area contributed by atoms with Gasteiger partial charge in [0.2, 0.25) is 0 Å². The van der Waals surface area contributed by atoms with Crippen LogP contribution in [0.3, 0.4) is 0 Å².